The molecule has 15 heavy (non-hydrogen) atoms. The summed E-state index contributed by atoms with van der Waals surface area (Å²) in [7, 11) is 0. The van der Waals surface area contributed by atoms with Gasteiger partial charge in [0.1, 0.15) is 0 Å². The van der Waals surface area contributed by atoms with Gasteiger partial charge in [-0.3, -0.25) is 0 Å². The lowest BCUT2D eigenvalue weighted by Gasteiger charge is -2.26. The molecule has 0 saturated heterocycles. The van der Waals surface area contributed by atoms with Gasteiger partial charge >= 0.3 is 0 Å². The van der Waals surface area contributed by atoms with Crippen LogP contribution in [0.4, 0.5) is 0 Å². The summed E-state index contributed by atoms with van der Waals surface area (Å²) in [6.07, 6.45) is 0.963. The first-order chi connectivity index (χ1) is 7.19. The van der Waals surface area contributed by atoms with E-state index >= 15 is 0 Å². The molecule has 0 aliphatic heterocycles. The van der Waals surface area contributed by atoms with Crippen molar-refractivity contribution in [2.24, 2.45) is 5.92 Å². The van der Waals surface area contributed by atoms with Crippen molar-refractivity contribution in [2.75, 3.05) is 6.61 Å². The summed E-state index contributed by atoms with van der Waals surface area (Å²) in [5.74, 6) is 0.546. The van der Waals surface area contributed by atoms with E-state index in [0.717, 1.165) is 6.42 Å². The van der Waals surface area contributed by atoms with Gasteiger partial charge in [0.2, 0.25) is 0 Å². The van der Waals surface area contributed by atoms with Gasteiger partial charge in [-0.15, -0.1) is 11.3 Å². The molecular formula is C12H21NOS. The molecular weight excluding hydrogens is 206 g/mol. The van der Waals surface area contributed by atoms with Gasteiger partial charge in [-0.2, -0.15) is 0 Å². The Kier molecular flexibility index (Phi) is 5.29. The number of hydrogen-bond acceptors (Lipinski definition) is 3. The Morgan fingerprint density at radius 1 is 1.47 bits per heavy atom. The molecule has 2 nitrogen and oxygen atoms in total. The minimum Gasteiger partial charge on any atom is -0.395 e. The Morgan fingerprint density at radius 2 is 2.20 bits per heavy atom. The third-order valence-electron chi connectivity index (χ3n) is 2.64. The normalized spacial score (nSPS) is 15.5. The lowest BCUT2D eigenvalue weighted by atomic mass is 10.0. The zero-order valence-corrected chi connectivity index (χ0v) is 10.6. The van der Waals surface area contributed by atoms with E-state index in [0.29, 0.717) is 12.0 Å². The molecule has 0 amide bonds. The molecule has 2 unspecified atom stereocenters. The number of aliphatic hydroxyl groups is 1. The molecule has 0 radical (unpaired) electrons. The monoisotopic (exact) mass is 227 g/mol. The molecule has 0 fully saturated rings. The maximum absolute atomic E-state index is 9.20. The van der Waals surface area contributed by atoms with Crippen LogP contribution in [0, 0.1) is 5.92 Å². The van der Waals surface area contributed by atoms with Crippen LogP contribution in [0.5, 0.6) is 0 Å². The van der Waals surface area contributed by atoms with Crippen molar-refractivity contribution in [3.63, 3.8) is 0 Å². The highest BCUT2D eigenvalue weighted by atomic mass is 32.1. The van der Waals surface area contributed by atoms with Crippen LogP contribution >= 0.6 is 11.3 Å². The molecule has 1 aromatic rings. The van der Waals surface area contributed by atoms with E-state index in [1.54, 1.807) is 11.3 Å². The van der Waals surface area contributed by atoms with Gasteiger partial charge in [-0.05, 0) is 23.8 Å². The largest absolute Gasteiger partial charge is 0.395 e. The van der Waals surface area contributed by atoms with E-state index < -0.39 is 0 Å². The average Bonchev–Trinajstić information content (AvgIpc) is 2.72. The Morgan fingerprint density at radius 3 is 2.60 bits per heavy atom. The molecule has 1 aromatic heterocycles. The number of rotatable bonds is 6. The summed E-state index contributed by atoms with van der Waals surface area (Å²) >= 11 is 1.78. The van der Waals surface area contributed by atoms with Crippen LogP contribution in [-0.2, 0) is 0 Å². The van der Waals surface area contributed by atoms with E-state index in [1.165, 1.54) is 4.88 Å². The van der Waals surface area contributed by atoms with Gasteiger partial charge in [-0.1, -0.05) is 26.8 Å². The quantitative estimate of drug-likeness (QED) is 0.783. The van der Waals surface area contributed by atoms with Crippen LogP contribution in [0.1, 0.15) is 38.1 Å². The number of thiophene rings is 1. The Labute approximate surface area is 96.3 Å². The number of aliphatic hydroxyl groups excluding tert-OH is 1. The van der Waals surface area contributed by atoms with Gasteiger partial charge in [-0.25, -0.2) is 0 Å². The van der Waals surface area contributed by atoms with E-state index in [2.05, 4.69) is 43.6 Å². The maximum atomic E-state index is 9.20. The molecule has 2 atom stereocenters. The third kappa shape index (κ3) is 3.59. The molecule has 1 heterocycles. The minimum absolute atomic E-state index is 0.208. The smallest absolute Gasteiger partial charge is 0.0584 e. The molecule has 0 aliphatic rings. The Bertz CT molecular complexity index is 255. The van der Waals surface area contributed by atoms with Crippen LogP contribution in [0.2, 0.25) is 0 Å². The van der Waals surface area contributed by atoms with Gasteiger partial charge in [0.15, 0.2) is 0 Å². The first kappa shape index (κ1) is 12.7. The fourth-order valence-electron chi connectivity index (χ4n) is 1.62. The maximum Gasteiger partial charge on any atom is 0.0584 e. The molecule has 0 bridgehead atoms. The number of nitrogens with one attached hydrogen (secondary N) is 1. The summed E-state index contributed by atoms with van der Waals surface area (Å²) in [5.41, 5.74) is 0. The second-order valence-electron chi connectivity index (χ2n) is 4.19. The van der Waals surface area contributed by atoms with E-state index in [9.17, 15) is 5.11 Å². The van der Waals surface area contributed by atoms with Crippen LogP contribution in [0.25, 0.3) is 0 Å². The lowest BCUT2D eigenvalue weighted by Crippen LogP contribution is -2.37. The predicted molar refractivity (Wildman–Crippen MR) is 66.2 cm³/mol. The van der Waals surface area contributed by atoms with Crippen LogP contribution in [0.3, 0.4) is 0 Å². The standard InChI is InChI=1S/C12H21NOS/c1-4-10(8-14)13-12(9(2)3)11-6-5-7-15-11/h5-7,9-10,12-14H,4,8H2,1-3H3. The fraction of sp³-hybridized carbons (Fsp3) is 0.667. The van der Waals surface area contributed by atoms with Crippen molar-refractivity contribution >= 4 is 11.3 Å². The Balaban J connectivity index is 2.67. The lowest BCUT2D eigenvalue weighted by molar-refractivity contribution is 0.217. The molecule has 0 spiro atoms. The van der Waals surface area contributed by atoms with E-state index in [4.69, 9.17) is 0 Å². The van der Waals surface area contributed by atoms with E-state index in [1.807, 2.05) is 0 Å². The fourth-order valence-corrected chi connectivity index (χ4v) is 2.58. The molecule has 86 valence electrons. The predicted octanol–water partition coefficient (Wildman–Crippen LogP) is 2.81. The highest BCUT2D eigenvalue weighted by Gasteiger charge is 2.19. The number of hydrogen-bond donors (Lipinski definition) is 2. The van der Waals surface area contributed by atoms with Crippen molar-refractivity contribution in [1.29, 1.82) is 0 Å². The van der Waals surface area contributed by atoms with Crippen molar-refractivity contribution < 1.29 is 5.11 Å². The highest BCUT2D eigenvalue weighted by molar-refractivity contribution is 7.10. The second-order valence-corrected chi connectivity index (χ2v) is 5.17. The summed E-state index contributed by atoms with van der Waals surface area (Å²) < 4.78 is 0. The summed E-state index contributed by atoms with van der Waals surface area (Å²) in [5, 5.41) is 14.8. The zero-order valence-electron chi connectivity index (χ0n) is 9.73. The Hall–Kier alpha value is -0.380. The van der Waals surface area contributed by atoms with Gasteiger partial charge in [0.25, 0.3) is 0 Å². The summed E-state index contributed by atoms with van der Waals surface area (Å²) in [6, 6.07) is 4.81. The zero-order chi connectivity index (χ0) is 11.3. The van der Waals surface area contributed by atoms with Crippen LogP contribution < -0.4 is 5.32 Å². The average molecular weight is 227 g/mol. The second kappa shape index (κ2) is 6.26. The summed E-state index contributed by atoms with van der Waals surface area (Å²) in [4.78, 5) is 1.36. The van der Waals surface area contributed by atoms with Gasteiger partial charge in [0.05, 0.1) is 6.61 Å². The van der Waals surface area contributed by atoms with Crippen molar-refractivity contribution in [1.82, 2.24) is 5.32 Å². The van der Waals surface area contributed by atoms with Crippen LogP contribution in [0.15, 0.2) is 17.5 Å². The SMILES string of the molecule is CCC(CO)NC(c1cccs1)C(C)C. The van der Waals surface area contributed by atoms with Crippen LogP contribution in [-0.4, -0.2) is 17.8 Å². The van der Waals surface area contributed by atoms with Gasteiger partial charge < -0.3 is 10.4 Å². The molecule has 1 rings (SSSR count). The van der Waals surface area contributed by atoms with Gasteiger partial charge in [0, 0.05) is 17.0 Å². The first-order valence-electron chi connectivity index (χ1n) is 5.59. The van der Waals surface area contributed by atoms with Crippen molar-refractivity contribution in [3.8, 4) is 0 Å². The first-order valence-corrected chi connectivity index (χ1v) is 6.47. The molecule has 0 aliphatic carbocycles. The molecule has 0 aromatic carbocycles. The highest BCUT2D eigenvalue weighted by Crippen LogP contribution is 2.26. The molecule has 2 N–H and O–H groups in total. The topological polar surface area (TPSA) is 32.3 Å². The summed E-state index contributed by atoms with van der Waals surface area (Å²) in [6.45, 7) is 6.73. The van der Waals surface area contributed by atoms with Crippen molar-refractivity contribution in [3.05, 3.63) is 22.4 Å². The molecule has 3 heteroatoms. The van der Waals surface area contributed by atoms with Crippen molar-refractivity contribution in [2.45, 2.75) is 39.3 Å². The third-order valence-corrected chi connectivity index (χ3v) is 3.60. The van der Waals surface area contributed by atoms with E-state index in [-0.39, 0.29) is 12.6 Å². The molecule has 0 saturated carbocycles. The minimum atomic E-state index is 0.208.